The van der Waals surface area contributed by atoms with Crippen LogP contribution in [0.25, 0.3) is 27.8 Å². The maximum atomic E-state index is 12.7. The molecular weight excluding hydrogens is 526 g/mol. The molecule has 6 aromatic rings. The van der Waals surface area contributed by atoms with Crippen LogP contribution >= 0.6 is 0 Å². The van der Waals surface area contributed by atoms with E-state index in [0.717, 1.165) is 70.1 Å². The van der Waals surface area contributed by atoms with Crippen LogP contribution < -0.4 is 20.9 Å². The number of pyridine rings is 3. The molecule has 9 heteroatoms. The first kappa shape index (κ1) is 25.8. The van der Waals surface area contributed by atoms with E-state index in [1.807, 2.05) is 60.7 Å². The molecule has 0 bridgehead atoms. The van der Waals surface area contributed by atoms with Crippen molar-refractivity contribution in [3.05, 3.63) is 113 Å². The van der Waals surface area contributed by atoms with Crippen molar-refractivity contribution in [2.24, 2.45) is 0 Å². The Hall–Kier alpha value is -5.18. The molecule has 4 aromatic heterocycles. The molecule has 0 aliphatic heterocycles. The Morgan fingerprint density at radius 1 is 0.857 bits per heavy atom. The molecule has 1 saturated carbocycles. The third-order valence-corrected chi connectivity index (χ3v) is 7.95. The quantitative estimate of drug-likeness (QED) is 0.250. The van der Waals surface area contributed by atoms with Gasteiger partial charge in [-0.25, -0.2) is 9.97 Å². The van der Waals surface area contributed by atoms with Gasteiger partial charge < -0.3 is 19.9 Å². The van der Waals surface area contributed by atoms with Gasteiger partial charge in [0, 0.05) is 24.3 Å². The average Bonchev–Trinajstić information content (AvgIpc) is 3.61. The molecule has 210 valence electrons. The summed E-state index contributed by atoms with van der Waals surface area (Å²) in [4.78, 5) is 26.7. The third-order valence-electron chi connectivity index (χ3n) is 7.95. The standard InChI is InChI=1S/C33H31N7O2/c1-42-27-14-8-22(9-15-27)21-39-29-7-4-18-34-32(29)38-33(39)37-25-12-11-24(19-25)36-30-16-13-26(20-35-30)40-28-6-3-2-5-23(28)10-17-31(40)41/h2-10,13-18,20,24-25H,11-12,19,21H2,1H3,(H,35,36)(H,34,37,38)/t24-,25-/m0/s1. The number of hydrogen-bond acceptors (Lipinski definition) is 7. The molecule has 2 atom stereocenters. The maximum Gasteiger partial charge on any atom is 0.255 e. The second kappa shape index (κ2) is 11.0. The number of imidazole rings is 1. The molecule has 0 saturated heterocycles. The number of para-hydroxylation sites is 1. The summed E-state index contributed by atoms with van der Waals surface area (Å²) in [6.07, 6.45) is 6.50. The Labute approximate surface area is 242 Å². The van der Waals surface area contributed by atoms with Crippen molar-refractivity contribution in [1.82, 2.24) is 24.1 Å². The first-order valence-corrected chi connectivity index (χ1v) is 14.2. The van der Waals surface area contributed by atoms with Crippen LogP contribution in [0.3, 0.4) is 0 Å². The van der Waals surface area contributed by atoms with Gasteiger partial charge in [0.1, 0.15) is 11.6 Å². The zero-order valence-corrected chi connectivity index (χ0v) is 23.3. The van der Waals surface area contributed by atoms with Gasteiger partial charge in [0.2, 0.25) is 5.95 Å². The van der Waals surface area contributed by atoms with Crippen LogP contribution in [-0.2, 0) is 6.54 Å². The number of anilines is 2. The normalized spacial score (nSPS) is 16.6. The first-order chi connectivity index (χ1) is 20.6. The summed E-state index contributed by atoms with van der Waals surface area (Å²) in [6.45, 7) is 0.680. The summed E-state index contributed by atoms with van der Waals surface area (Å²) < 4.78 is 9.22. The summed E-state index contributed by atoms with van der Waals surface area (Å²) in [6, 6.07) is 27.9. The van der Waals surface area contributed by atoms with Crippen LogP contribution in [0.15, 0.2) is 102 Å². The minimum absolute atomic E-state index is 0.0749. The zero-order valence-electron chi connectivity index (χ0n) is 23.3. The minimum Gasteiger partial charge on any atom is -0.497 e. The van der Waals surface area contributed by atoms with Crippen LogP contribution in [0, 0.1) is 0 Å². The summed E-state index contributed by atoms with van der Waals surface area (Å²) >= 11 is 0. The van der Waals surface area contributed by atoms with E-state index in [9.17, 15) is 4.79 Å². The Bertz CT molecular complexity index is 1910. The highest BCUT2D eigenvalue weighted by atomic mass is 16.5. The fourth-order valence-electron chi connectivity index (χ4n) is 5.84. The molecule has 2 aromatic carbocycles. The number of rotatable bonds is 8. The predicted octanol–water partition coefficient (Wildman–Crippen LogP) is 5.63. The highest BCUT2D eigenvalue weighted by molar-refractivity contribution is 5.80. The summed E-state index contributed by atoms with van der Waals surface area (Å²) in [5, 5.41) is 8.30. The summed E-state index contributed by atoms with van der Waals surface area (Å²) in [5.41, 5.74) is 4.43. The molecule has 2 N–H and O–H groups in total. The number of nitrogens with zero attached hydrogens (tertiary/aromatic N) is 5. The molecule has 4 heterocycles. The smallest absolute Gasteiger partial charge is 0.255 e. The average molecular weight is 558 g/mol. The van der Waals surface area contributed by atoms with E-state index in [-0.39, 0.29) is 17.6 Å². The van der Waals surface area contributed by atoms with Gasteiger partial charge in [-0.1, -0.05) is 30.3 Å². The van der Waals surface area contributed by atoms with Crippen molar-refractivity contribution in [2.75, 3.05) is 17.7 Å². The van der Waals surface area contributed by atoms with Gasteiger partial charge in [0.25, 0.3) is 5.56 Å². The van der Waals surface area contributed by atoms with E-state index in [4.69, 9.17) is 9.72 Å². The summed E-state index contributed by atoms with van der Waals surface area (Å²) in [5.74, 6) is 2.46. The molecule has 0 spiro atoms. The van der Waals surface area contributed by atoms with Gasteiger partial charge in [-0.15, -0.1) is 0 Å². The predicted molar refractivity (Wildman–Crippen MR) is 166 cm³/mol. The number of methoxy groups -OCH3 is 1. The van der Waals surface area contributed by atoms with Gasteiger partial charge in [-0.05, 0) is 78.7 Å². The van der Waals surface area contributed by atoms with Crippen molar-refractivity contribution in [2.45, 2.75) is 37.9 Å². The fourth-order valence-corrected chi connectivity index (χ4v) is 5.84. The molecule has 1 aliphatic carbocycles. The van der Waals surface area contributed by atoms with Crippen molar-refractivity contribution in [3.8, 4) is 11.4 Å². The number of nitrogens with one attached hydrogen (secondary N) is 2. The van der Waals surface area contributed by atoms with E-state index in [1.54, 1.807) is 30.1 Å². The molecule has 0 radical (unpaired) electrons. The van der Waals surface area contributed by atoms with Gasteiger partial charge in [-0.2, -0.15) is 4.98 Å². The second-order valence-electron chi connectivity index (χ2n) is 10.7. The fraction of sp³-hybridized carbons (Fsp3) is 0.212. The molecule has 0 unspecified atom stereocenters. The lowest BCUT2D eigenvalue weighted by Crippen LogP contribution is -2.23. The first-order valence-electron chi connectivity index (χ1n) is 14.2. The topological polar surface area (TPSA) is 98.9 Å². The minimum atomic E-state index is -0.0749. The second-order valence-corrected chi connectivity index (χ2v) is 10.7. The Balaban J connectivity index is 1.05. The molecule has 9 nitrogen and oxygen atoms in total. The van der Waals surface area contributed by atoms with E-state index in [0.29, 0.717) is 6.54 Å². The Morgan fingerprint density at radius 2 is 1.67 bits per heavy atom. The van der Waals surface area contributed by atoms with Crippen molar-refractivity contribution in [1.29, 1.82) is 0 Å². The number of benzene rings is 2. The van der Waals surface area contributed by atoms with Crippen molar-refractivity contribution in [3.63, 3.8) is 0 Å². The molecule has 7 rings (SSSR count). The monoisotopic (exact) mass is 557 g/mol. The van der Waals surface area contributed by atoms with Crippen LogP contribution in [0.1, 0.15) is 24.8 Å². The van der Waals surface area contributed by atoms with E-state index in [1.165, 1.54) is 0 Å². The van der Waals surface area contributed by atoms with Crippen LogP contribution in [0.5, 0.6) is 5.75 Å². The molecule has 42 heavy (non-hydrogen) atoms. The van der Waals surface area contributed by atoms with Crippen molar-refractivity contribution < 1.29 is 4.74 Å². The van der Waals surface area contributed by atoms with Crippen LogP contribution in [0.4, 0.5) is 11.8 Å². The lowest BCUT2D eigenvalue weighted by atomic mass is 10.2. The summed E-state index contributed by atoms with van der Waals surface area (Å²) in [7, 11) is 1.68. The van der Waals surface area contributed by atoms with E-state index >= 15 is 0 Å². The molecule has 1 aliphatic rings. The molecular formula is C33H31N7O2. The number of fused-ring (bicyclic) bond motifs is 2. The van der Waals surface area contributed by atoms with Gasteiger partial charge in [-0.3, -0.25) is 9.36 Å². The molecule has 0 amide bonds. The third kappa shape index (κ3) is 5.05. The van der Waals surface area contributed by atoms with E-state index in [2.05, 4.69) is 43.4 Å². The number of aromatic nitrogens is 5. The maximum absolute atomic E-state index is 12.7. The van der Waals surface area contributed by atoms with Crippen LogP contribution in [0.2, 0.25) is 0 Å². The SMILES string of the molecule is COc1ccc(Cn2c(N[C@H]3CC[C@H](Nc4ccc(-n5c(=O)ccc6ccccc65)cn4)C3)nc3ncccc32)cc1. The largest absolute Gasteiger partial charge is 0.497 e. The zero-order chi connectivity index (χ0) is 28.5. The van der Waals surface area contributed by atoms with Gasteiger partial charge >= 0.3 is 0 Å². The lowest BCUT2D eigenvalue weighted by Gasteiger charge is -2.17. The van der Waals surface area contributed by atoms with Gasteiger partial charge in [0.05, 0.1) is 36.6 Å². The number of hydrogen-bond donors (Lipinski definition) is 2. The number of ether oxygens (including phenoxy) is 1. The van der Waals surface area contributed by atoms with Gasteiger partial charge in [0.15, 0.2) is 5.65 Å². The Morgan fingerprint density at radius 3 is 2.48 bits per heavy atom. The van der Waals surface area contributed by atoms with Crippen LogP contribution in [-0.4, -0.2) is 43.3 Å². The highest BCUT2D eigenvalue weighted by Crippen LogP contribution is 2.28. The lowest BCUT2D eigenvalue weighted by molar-refractivity contribution is 0.414. The van der Waals surface area contributed by atoms with Crippen molar-refractivity contribution >= 4 is 33.8 Å². The van der Waals surface area contributed by atoms with E-state index < -0.39 is 0 Å². The molecule has 1 fully saturated rings. The Kier molecular flexibility index (Phi) is 6.75. The highest BCUT2D eigenvalue weighted by Gasteiger charge is 2.26.